The van der Waals surface area contributed by atoms with Crippen molar-refractivity contribution in [2.24, 2.45) is 22.7 Å². The first-order valence-electron chi connectivity index (χ1n) is 9.67. The largest absolute Gasteiger partial charge is 0.368 e. The van der Waals surface area contributed by atoms with E-state index in [0.717, 1.165) is 19.3 Å². The van der Waals surface area contributed by atoms with Crippen LogP contribution in [0.2, 0.25) is 0 Å². The van der Waals surface area contributed by atoms with Crippen molar-refractivity contribution in [1.29, 1.82) is 0 Å². The van der Waals surface area contributed by atoms with E-state index in [2.05, 4.69) is 27.7 Å². The normalized spacial score (nSPS) is 53.7. The minimum absolute atomic E-state index is 0.0269. The third-order valence-electron chi connectivity index (χ3n) is 8.22. The maximum absolute atomic E-state index is 12.9. The number of aliphatic hydroxyl groups is 1. The lowest BCUT2D eigenvalue weighted by atomic mass is 9.44. The lowest BCUT2D eigenvalue weighted by Gasteiger charge is -2.63. The number of carbonyl (C=O) groups is 1. The van der Waals surface area contributed by atoms with Crippen molar-refractivity contribution in [3.63, 3.8) is 0 Å². The fraction of sp³-hybridized carbons (Fsp3) is 0.950. The molecule has 0 bridgehead atoms. The number of ether oxygens (including phenoxy) is 2. The van der Waals surface area contributed by atoms with Crippen LogP contribution in [0, 0.1) is 22.7 Å². The van der Waals surface area contributed by atoms with Gasteiger partial charge in [0.2, 0.25) is 0 Å². The Kier molecular flexibility index (Phi) is 3.57. The molecular formula is C20H32O4. The van der Waals surface area contributed by atoms with Crippen LogP contribution in [0.1, 0.15) is 72.6 Å². The molecule has 0 radical (unpaired) electrons. The Morgan fingerprint density at radius 1 is 1.12 bits per heavy atom. The molecule has 4 nitrogen and oxygen atoms in total. The molecule has 0 aromatic heterocycles. The highest BCUT2D eigenvalue weighted by Crippen LogP contribution is 2.67. The van der Waals surface area contributed by atoms with Crippen LogP contribution in [-0.2, 0) is 14.3 Å². The van der Waals surface area contributed by atoms with Crippen LogP contribution in [0.3, 0.4) is 0 Å². The van der Waals surface area contributed by atoms with Crippen molar-refractivity contribution in [2.75, 3.05) is 6.61 Å². The highest BCUT2D eigenvalue weighted by Gasteiger charge is 2.69. The quantitative estimate of drug-likeness (QED) is 0.736. The van der Waals surface area contributed by atoms with E-state index in [4.69, 9.17) is 9.47 Å². The minimum atomic E-state index is -0.721. The zero-order valence-corrected chi connectivity index (χ0v) is 15.6. The lowest BCUT2D eigenvalue weighted by molar-refractivity contribution is -0.239. The summed E-state index contributed by atoms with van der Waals surface area (Å²) in [6.07, 6.45) is 5.86. The first-order chi connectivity index (χ1) is 11.1. The molecule has 0 aromatic carbocycles. The van der Waals surface area contributed by atoms with Gasteiger partial charge in [-0.25, -0.2) is 0 Å². The molecule has 4 rings (SSSR count). The van der Waals surface area contributed by atoms with Gasteiger partial charge in [-0.3, -0.25) is 4.79 Å². The first-order valence-corrected chi connectivity index (χ1v) is 9.67. The molecule has 24 heavy (non-hydrogen) atoms. The molecule has 0 amide bonds. The van der Waals surface area contributed by atoms with E-state index in [1.54, 1.807) is 0 Å². The predicted octanol–water partition coefficient (Wildman–Crippen LogP) is 3.45. The molecule has 6 atom stereocenters. The monoisotopic (exact) mass is 336 g/mol. The van der Waals surface area contributed by atoms with Crippen molar-refractivity contribution in [3.05, 3.63) is 0 Å². The third-order valence-corrected chi connectivity index (χ3v) is 8.22. The molecule has 4 aliphatic rings. The molecule has 0 aromatic rings. The highest BCUT2D eigenvalue weighted by atomic mass is 16.6. The molecule has 4 fully saturated rings. The molecule has 2 saturated carbocycles. The maximum atomic E-state index is 12.9. The van der Waals surface area contributed by atoms with E-state index < -0.39 is 11.9 Å². The number of fused-ring (bicyclic) bond motifs is 2. The Hall–Kier alpha value is -0.450. The standard InChI is InChI=1S/C20H32O4/c1-13-14(21)10-15-17(2,3)6-5-7-18(15,4)20(13)9-8-19(24-20)11-16(22)23-12-19/h13,15-16,22H,5-12H2,1-4H3/t13-,15+,16-,18+,19-,20+/m1/s1. The van der Waals surface area contributed by atoms with Crippen LogP contribution in [0.25, 0.3) is 0 Å². The molecule has 4 heteroatoms. The summed E-state index contributed by atoms with van der Waals surface area (Å²) in [5, 5.41) is 9.87. The summed E-state index contributed by atoms with van der Waals surface area (Å²) >= 11 is 0. The lowest BCUT2D eigenvalue weighted by Crippen LogP contribution is -2.65. The smallest absolute Gasteiger partial charge is 0.157 e. The van der Waals surface area contributed by atoms with Gasteiger partial charge in [-0.1, -0.05) is 34.1 Å². The number of aliphatic hydroxyl groups excluding tert-OH is 1. The summed E-state index contributed by atoms with van der Waals surface area (Å²) in [5.41, 5.74) is -0.571. The van der Waals surface area contributed by atoms with Crippen LogP contribution in [0.15, 0.2) is 0 Å². The summed E-state index contributed by atoms with van der Waals surface area (Å²) in [5.74, 6) is 0.679. The Bertz CT molecular complexity index is 558. The van der Waals surface area contributed by atoms with Crippen LogP contribution >= 0.6 is 0 Å². The van der Waals surface area contributed by atoms with Gasteiger partial charge in [0.05, 0.1) is 17.8 Å². The Balaban J connectivity index is 1.76. The molecule has 2 aliphatic carbocycles. The van der Waals surface area contributed by atoms with Gasteiger partial charge < -0.3 is 14.6 Å². The van der Waals surface area contributed by atoms with Crippen molar-refractivity contribution in [2.45, 2.75) is 90.1 Å². The van der Waals surface area contributed by atoms with Crippen LogP contribution in [0.5, 0.6) is 0 Å². The van der Waals surface area contributed by atoms with E-state index in [0.29, 0.717) is 31.1 Å². The van der Waals surface area contributed by atoms with Gasteiger partial charge >= 0.3 is 0 Å². The highest BCUT2D eigenvalue weighted by molar-refractivity contribution is 5.84. The molecule has 2 saturated heterocycles. The van der Waals surface area contributed by atoms with Crippen LogP contribution < -0.4 is 0 Å². The fourth-order valence-electron chi connectivity index (χ4n) is 6.80. The number of Topliss-reactive ketones (excluding diaryl/α,β-unsaturated/α-hetero) is 1. The number of rotatable bonds is 0. The second kappa shape index (κ2) is 5.05. The van der Waals surface area contributed by atoms with Gasteiger partial charge in [-0.2, -0.15) is 0 Å². The summed E-state index contributed by atoms with van der Waals surface area (Å²) < 4.78 is 12.3. The van der Waals surface area contributed by atoms with E-state index >= 15 is 0 Å². The van der Waals surface area contributed by atoms with Crippen molar-refractivity contribution in [1.82, 2.24) is 0 Å². The van der Waals surface area contributed by atoms with Crippen LogP contribution in [0.4, 0.5) is 0 Å². The maximum Gasteiger partial charge on any atom is 0.157 e. The van der Waals surface area contributed by atoms with E-state index in [1.165, 1.54) is 12.8 Å². The number of ketones is 1. The number of hydrogen-bond acceptors (Lipinski definition) is 4. The van der Waals surface area contributed by atoms with Gasteiger partial charge in [0, 0.05) is 24.2 Å². The van der Waals surface area contributed by atoms with Gasteiger partial charge in [-0.05, 0) is 37.0 Å². The van der Waals surface area contributed by atoms with Gasteiger partial charge in [0.15, 0.2) is 6.29 Å². The second-order valence-electron chi connectivity index (χ2n) is 9.85. The van der Waals surface area contributed by atoms with E-state index in [9.17, 15) is 9.90 Å². The van der Waals surface area contributed by atoms with Crippen LogP contribution in [-0.4, -0.2) is 35.0 Å². The van der Waals surface area contributed by atoms with Gasteiger partial charge in [-0.15, -0.1) is 0 Å². The topological polar surface area (TPSA) is 55.8 Å². The first kappa shape index (κ1) is 17.0. The number of hydrogen-bond donors (Lipinski definition) is 1. The average Bonchev–Trinajstić information content (AvgIpc) is 3.05. The summed E-state index contributed by atoms with van der Waals surface area (Å²) in [6.45, 7) is 9.59. The third kappa shape index (κ3) is 2.05. The Morgan fingerprint density at radius 2 is 1.88 bits per heavy atom. The summed E-state index contributed by atoms with van der Waals surface area (Å²) in [4.78, 5) is 12.9. The molecule has 1 N–H and O–H groups in total. The zero-order valence-electron chi connectivity index (χ0n) is 15.6. The average molecular weight is 336 g/mol. The fourth-order valence-corrected chi connectivity index (χ4v) is 6.80. The van der Waals surface area contributed by atoms with Gasteiger partial charge in [0.1, 0.15) is 5.78 Å². The Labute approximate surface area is 145 Å². The van der Waals surface area contributed by atoms with Crippen molar-refractivity contribution < 1.29 is 19.4 Å². The van der Waals surface area contributed by atoms with E-state index in [-0.39, 0.29) is 22.3 Å². The number of carbonyl (C=O) groups excluding carboxylic acids is 1. The zero-order chi connectivity index (χ0) is 17.4. The molecule has 136 valence electrons. The molecule has 2 heterocycles. The molecule has 2 aliphatic heterocycles. The molecule has 0 unspecified atom stereocenters. The predicted molar refractivity (Wildman–Crippen MR) is 90.4 cm³/mol. The van der Waals surface area contributed by atoms with Crippen molar-refractivity contribution in [3.8, 4) is 0 Å². The molecular weight excluding hydrogens is 304 g/mol. The second-order valence-corrected chi connectivity index (χ2v) is 9.85. The Morgan fingerprint density at radius 3 is 2.54 bits per heavy atom. The summed E-state index contributed by atoms with van der Waals surface area (Å²) in [6, 6.07) is 0. The van der Waals surface area contributed by atoms with Gasteiger partial charge in [0.25, 0.3) is 0 Å². The minimum Gasteiger partial charge on any atom is -0.368 e. The van der Waals surface area contributed by atoms with E-state index in [1.807, 2.05) is 0 Å². The molecule has 2 spiro atoms. The summed E-state index contributed by atoms with van der Waals surface area (Å²) in [7, 11) is 0. The van der Waals surface area contributed by atoms with Crippen molar-refractivity contribution >= 4 is 5.78 Å². The SMILES string of the molecule is C[C@@H]1C(=O)C[C@H]2C(C)(C)CCC[C@]2(C)[C@]12CC[C@@]1(CO[C@@H](O)C1)O2.